The van der Waals surface area contributed by atoms with Gasteiger partial charge in [-0.15, -0.1) is 0 Å². The van der Waals surface area contributed by atoms with Crippen LogP contribution in [-0.2, 0) is 14.8 Å². The van der Waals surface area contributed by atoms with Gasteiger partial charge in [0.25, 0.3) is 0 Å². The molecule has 0 radical (unpaired) electrons. The maximum absolute atomic E-state index is 13.5. The number of ether oxygens (including phenoxy) is 1. The van der Waals surface area contributed by atoms with Gasteiger partial charge in [-0.3, -0.25) is 4.90 Å². The standard InChI is InChI=1S/C24H33N3O4S/c1-6-16-26(23(28)31-24(3,4)5)22-20(9-7-15-25-22)21-10-8-17-27(21)32(29,30)19-13-11-18(2)12-14-19/h7,9,11-15,21H,6,8,10,16-17H2,1-5H3/t21-/m1/s1. The van der Waals surface area contributed by atoms with Crippen molar-refractivity contribution in [3.05, 3.63) is 53.7 Å². The van der Waals surface area contributed by atoms with Crippen molar-refractivity contribution >= 4 is 21.9 Å². The van der Waals surface area contributed by atoms with Crippen LogP contribution >= 0.6 is 0 Å². The molecule has 8 heteroatoms. The molecule has 1 fully saturated rings. The second kappa shape index (κ2) is 9.58. The zero-order chi connectivity index (χ0) is 23.5. The van der Waals surface area contributed by atoms with Crippen LogP contribution in [0, 0.1) is 6.92 Å². The van der Waals surface area contributed by atoms with Gasteiger partial charge >= 0.3 is 6.09 Å². The summed E-state index contributed by atoms with van der Waals surface area (Å²) in [5, 5.41) is 0. The summed E-state index contributed by atoms with van der Waals surface area (Å²) in [6.07, 6.45) is 3.26. The van der Waals surface area contributed by atoms with Gasteiger partial charge in [-0.25, -0.2) is 18.2 Å². The SMILES string of the molecule is CCCN(C(=O)OC(C)(C)C)c1ncccc1[C@H]1CCCN1S(=O)(=O)c1ccc(C)cc1. The Morgan fingerprint density at radius 1 is 1.22 bits per heavy atom. The van der Waals surface area contributed by atoms with Crippen LogP contribution in [0.2, 0.25) is 0 Å². The molecule has 32 heavy (non-hydrogen) atoms. The maximum Gasteiger partial charge on any atom is 0.416 e. The minimum atomic E-state index is -3.69. The van der Waals surface area contributed by atoms with Crippen molar-refractivity contribution in [3.8, 4) is 0 Å². The van der Waals surface area contributed by atoms with Crippen molar-refractivity contribution in [3.63, 3.8) is 0 Å². The number of rotatable bonds is 6. The predicted molar refractivity (Wildman–Crippen MR) is 125 cm³/mol. The van der Waals surface area contributed by atoms with Gasteiger partial charge < -0.3 is 4.74 Å². The Morgan fingerprint density at radius 2 is 1.91 bits per heavy atom. The molecule has 2 aromatic rings. The third-order valence-corrected chi connectivity index (χ3v) is 7.25. The van der Waals surface area contributed by atoms with E-state index in [0.29, 0.717) is 31.7 Å². The summed E-state index contributed by atoms with van der Waals surface area (Å²) in [5.74, 6) is 0.458. The molecule has 1 atom stereocenters. The average Bonchev–Trinajstić information content (AvgIpc) is 3.22. The van der Waals surface area contributed by atoms with Gasteiger partial charge in [0, 0.05) is 24.8 Å². The maximum atomic E-state index is 13.5. The van der Waals surface area contributed by atoms with Crippen LogP contribution in [0.5, 0.6) is 0 Å². The van der Waals surface area contributed by atoms with Crippen molar-refractivity contribution < 1.29 is 17.9 Å². The fourth-order valence-corrected chi connectivity index (χ4v) is 5.58. The quantitative estimate of drug-likeness (QED) is 0.603. The van der Waals surface area contributed by atoms with Crippen LogP contribution < -0.4 is 4.90 Å². The smallest absolute Gasteiger partial charge is 0.416 e. The van der Waals surface area contributed by atoms with E-state index in [4.69, 9.17) is 4.74 Å². The average molecular weight is 460 g/mol. The first-order valence-corrected chi connectivity index (χ1v) is 12.5. The molecule has 1 aliphatic rings. The molecular weight excluding hydrogens is 426 g/mol. The number of carbonyl (C=O) groups excluding carboxylic acids is 1. The number of aromatic nitrogens is 1. The first-order chi connectivity index (χ1) is 15.0. The van der Waals surface area contributed by atoms with Crippen molar-refractivity contribution in [2.75, 3.05) is 18.0 Å². The molecule has 3 rings (SSSR count). The van der Waals surface area contributed by atoms with E-state index in [-0.39, 0.29) is 4.90 Å². The number of benzene rings is 1. The van der Waals surface area contributed by atoms with Gasteiger partial charge in [0.05, 0.1) is 10.9 Å². The number of amides is 1. The molecule has 1 aliphatic heterocycles. The lowest BCUT2D eigenvalue weighted by atomic mass is 10.1. The predicted octanol–water partition coefficient (Wildman–Crippen LogP) is 5.07. The summed E-state index contributed by atoms with van der Waals surface area (Å²) in [7, 11) is -3.69. The lowest BCUT2D eigenvalue weighted by Crippen LogP contribution is -2.39. The first-order valence-electron chi connectivity index (χ1n) is 11.1. The van der Waals surface area contributed by atoms with Gasteiger partial charge in [-0.1, -0.05) is 30.7 Å². The summed E-state index contributed by atoms with van der Waals surface area (Å²) in [4.78, 5) is 19.3. The highest BCUT2D eigenvalue weighted by Crippen LogP contribution is 2.40. The van der Waals surface area contributed by atoms with E-state index >= 15 is 0 Å². The number of pyridine rings is 1. The molecule has 1 aromatic heterocycles. The van der Waals surface area contributed by atoms with Gasteiger partial charge in [0.2, 0.25) is 10.0 Å². The van der Waals surface area contributed by atoms with Gasteiger partial charge in [0.1, 0.15) is 11.4 Å². The van der Waals surface area contributed by atoms with E-state index in [0.717, 1.165) is 17.5 Å². The zero-order valence-corrected chi connectivity index (χ0v) is 20.4. The van der Waals surface area contributed by atoms with Crippen LogP contribution in [0.1, 0.15) is 64.1 Å². The van der Waals surface area contributed by atoms with Crippen LogP contribution in [0.15, 0.2) is 47.5 Å². The summed E-state index contributed by atoms with van der Waals surface area (Å²) in [6.45, 7) is 10.2. The topological polar surface area (TPSA) is 79.8 Å². The molecule has 0 spiro atoms. The fourth-order valence-electron chi connectivity index (χ4n) is 3.90. The summed E-state index contributed by atoms with van der Waals surface area (Å²) < 4.78 is 34.1. The van der Waals surface area contributed by atoms with Crippen molar-refractivity contribution in [1.29, 1.82) is 0 Å². The molecule has 2 heterocycles. The Hall–Kier alpha value is -2.45. The van der Waals surface area contributed by atoms with E-state index in [1.165, 1.54) is 9.21 Å². The zero-order valence-electron chi connectivity index (χ0n) is 19.5. The number of aryl methyl sites for hydroxylation is 1. The molecule has 0 bridgehead atoms. The third kappa shape index (κ3) is 5.30. The van der Waals surface area contributed by atoms with E-state index < -0.39 is 27.8 Å². The highest BCUT2D eigenvalue weighted by Gasteiger charge is 2.39. The summed E-state index contributed by atoms with van der Waals surface area (Å²) >= 11 is 0. The van der Waals surface area contributed by atoms with E-state index in [9.17, 15) is 13.2 Å². The number of nitrogens with zero attached hydrogens (tertiary/aromatic N) is 3. The summed E-state index contributed by atoms with van der Waals surface area (Å²) in [5.41, 5.74) is 1.08. The number of sulfonamides is 1. The van der Waals surface area contributed by atoms with Gasteiger partial charge in [-0.05, 0) is 65.2 Å². The fraction of sp³-hybridized carbons (Fsp3) is 0.500. The second-order valence-electron chi connectivity index (χ2n) is 9.14. The van der Waals surface area contributed by atoms with Crippen LogP contribution in [0.4, 0.5) is 10.6 Å². The van der Waals surface area contributed by atoms with Crippen LogP contribution in [0.3, 0.4) is 0 Å². The van der Waals surface area contributed by atoms with Crippen molar-refractivity contribution in [2.45, 2.75) is 70.4 Å². The van der Waals surface area contributed by atoms with E-state index in [1.54, 1.807) is 36.5 Å². The molecule has 0 unspecified atom stereocenters. The Morgan fingerprint density at radius 3 is 2.53 bits per heavy atom. The normalized spacial score (nSPS) is 17.3. The first kappa shape index (κ1) is 24.2. The van der Waals surface area contributed by atoms with Gasteiger partial charge in [-0.2, -0.15) is 4.31 Å². The number of carbonyl (C=O) groups is 1. The molecular formula is C24H33N3O4S. The largest absolute Gasteiger partial charge is 0.443 e. The minimum absolute atomic E-state index is 0.276. The number of hydrogen-bond acceptors (Lipinski definition) is 5. The molecule has 0 N–H and O–H groups in total. The Bertz CT molecular complexity index is 1050. The van der Waals surface area contributed by atoms with E-state index in [2.05, 4.69) is 4.98 Å². The lowest BCUT2D eigenvalue weighted by Gasteiger charge is -2.30. The number of anilines is 1. The third-order valence-electron chi connectivity index (χ3n) is 5.32. The molecule has 1 aromatic carbocycles. The Kier molecular flexibility index (Phi) is 7.25. The molecule has 0 aliphatic carbocycles. The van der Waals surface area contributed by atoms with Crippen molar-refractivity contribution in [2.24, 2.45) is 0 Å². The second-order valence-corrected chi connectivity index (χ2v) is 11.0. The Balaban J connectivity index is 2.00. The van der Waals surface area contributed by atoms with E-state index in [1.807, 2.05) is 40.7 Å². The highest BCUT2D eigenvalue weighted by atomic mass is 32.2. The molecule has 174 valence electrons. The minimum Gasteiger partial charge on any atom is -0.443 e. The van der Waals surface area contributed by atoms with Crippen molar-refractivity contribution in [1.82, 2.24) is 9.29 Å². The number of hydrogen-bond donors (Lipinski definition) is 0. The highest BCUT2D eigenvalue weighted by molar-refractivity contribution is 7.89. The van der Waals surface area contributed by atoms with Gasteiger partial charge in [0.15, 0.2) is 0 Å². The lowest BCUT2D eigenvalue weighted by molar-refractivity contribution is 0.0578. The van der Waals surface area contributed by atoms with Crippen LogP contribution in [-0.4, -0.2) is 42.5 Å². The molecule has 1 saturated heterocycles. The molecule has 7 nitrogen and oxygen atoms in total. The Labute approximate surface area is 191 Å². The van der Waals surface area contributed by atoms with Crippen LogP contribution in [0.25, 0.3) is 0 Å². The summed E-state index contributed by atoms with van der Waals surface area (Å²) in [6, 6.07) is 10.2. The molecule has 1 amide bonds. The molecule has 0 saturated carbocycles. The monoisotopic (exact) mass is 459 g/mol.